The fourth-order valence-corrected chi connectivity index (χ4v) is 3.16. The summed E-state index contributed by atoms with van der Waals surface area (Å²) >= 11 is 0. The smallest absolute Gasteiger partial charge is 0.226 e. The number of benzene rings is 1. The first-order chi connectivity index (χ1) is 11.0. The first-order valence-corrected chi connectivity index (χ1v) is 8.08. The van der Waals surface area contributed by atoms with Crippen LogP contribution in [0.15, 0.2) is 16.5 Å². The van der Waals surface area contributed by atoms with Crippen molar-refractivity contribution in [1.82, 2.24) is 9.88 Å². The summed E-state index contributed by atoms with van der Waals surface area (Å²) in [6.07, 6.45) is 1.06. The molecule has 2 heterocycles. The SMILES string of the molecule is COc1ccc(-c2nc(CN3CC[C@H](N)C3)c(C)o2)c(C)c1C. The lowest BCUT2D eigenvalue weighted by Crippen LogP contribution is -2.26. The van der Waals surface area contributed by atoms with Gasteiger partial charge in [0.1, 0.15) is 11.5 Å². The van der Waals surface area contributed by atoms with Crippen molar-refractivity contribution >= 4 is 0 Å². The molecule has 0 aliphatic carbocycles. The summed E-state index contributed by atoms with van der Waals surface area (Å²) in [5, 5.41) is 0. The number of oxazole rings is 1. The average Bonchev–Trinajstić information content (AvgIpc) is 3.09. The Labute approximate surface area is 137 Å². The lowest BCUT2D eigenvalue weighted by molar-refractivity contribution is 0.321. The standard InChI is InChI=1S/C18H25N3O2/c1-11-12(2)17(22-4)6-5-15(11)18-20-16(13(3)23-18)10-21-8-7-14(19)9-21/h5-6,14H,7-10,19H2,1-4H3/t14-/m0/s1. The van der Waals surface area contributed by atoms with E-state index in [1.165, 1.54) is 0 Å². The van der Waals surface area contributed by atoms with Crippen LogP contribution in [0.1, 0.15) is 29.0 Å². The van der Waals surface area contributed by atoms with Gasteiger partial charge in [-0.15, -0.1) is 0 Å². The molecule has 1 fully saturated rings. The Morgan fingerprint density at radius 2 is 2.09 bits per heavy atom. The number of nitrogens with zero attached hydrogens (tertiary/aromatic N) is 2. The molecule has 0 spiro atoms. The third-order valence-corrected chi connectivity index (χ3v) is 4.76. The summed E-state index contributed by atoms with van der Waals surface area (Å²) in [5.74, 6) is 2.46. The minimum absolute atomic E-state index is 0.285. The normalized spacial score (nSPS) is 18.6. The second kappa shape index (κ2) is 6.34. The molecule has 2 aromatic rings. The minimum atomic E-state index is 0.285. The van der Waals surface area contributed by atoms with Crippen LogP contribution in [0.2, 0.25) is 0 Å². The lowest BCUT2D eigenvalue weighted by atomic mass is 10.0. The highest BCUT2D eigenvalue weighted by Crippen LogP contribution is 2.31. The molecule has 1 aromatic heterocycles. The van der Waals surface area contributed by atoms with Gasteiger partial charge in [0, 0.05) is 31.2 Å². The van der Waals surface area contributed by atoms with Crippen molar-refractivity contribution in [2.75, 3.05) is 20.2 Å². The van der Waals surface area contributed by atoms with Gasteiger partial charge in [0.2, 0.25) is 5.89 Å². The second-order valence-corrected chi connectivity index (χ2v) is 6.37. The molecular formula is C18H25N3O2. The number of methoxy groups -OCH3 is 1. The van der Waals surface area contributed by atoms with E-state index < -0.39 is 0 Å². The third-order valence-electron chi connectivity index (χ3n) is 4.76. The Morgan fingerprint density at radius 1 is 1.30 bits per heavy atom. The summed E-state index contributed by atoms with van der Waals surface area (Å²) < 4.78 is 11.3. The zero-order valence-corrected chi connectivity index (χ0v) is 14.3. The van der Waals surface area contributed by atoms with Crippen LogP contribution in [0.4, 0.5) is 0 Å². The molecule has 1 aliphatic heterocycles. The van der Waals surface area contributed by atoms with Crippen LogP contribution in [0, 0.1) is 20.8 Å². The molecule has 1 atom stereocenters. The molecule has 0 radical (unpaired) electrons. The Balaban J connectivity index is 1.87. The van der Waals surface area contributed by atoms with Gasteiger partial charge in [-0.25, -0.2) is 4.98 Å². The number of aromatic nitrogens is 1. The molecular weight excluding hydrogens is 290 g/mol. The molecule has 5 heteroatoms. The van der Waals surface area contributed by atoms with Crippen LogP contribution in [0.3, 0.4) is 0 Å². The molecule has 1 saturated heterocycles. The summed E-state index contributed by atoms with van der Waals surface area (Å²) in [7, 11) is 1.69. The van der Waals surface area contributed by atoms with Crippen molar-refractivity contribution in [1.29, 1.82) is 0 Å². The van der Waals surface area contributed by atoms with Gasteiger partial charge in [-0.3, -0.25) is 4.90 Å². The van der Waals surface area contributed by atoms with E-state index in [0.29, 0.717) is 5.89 Å². The van der Waals surface area contributed by atoms with E-state index in [1.54, 1.807) is 7.11 Å². The van der Waals surface area contributed by atoms with Gasteiger partial charge in [-0.05, 0) is 50.5 Å². The van der Waals surface area contributed by atoms with Crippen molar-refractivity contribution in [2.24, 2.45) is 5.73 Å². The van der Waals surface area contributed by atoms with E-state index in [1.807, 2.05) is 19.1 Å². The maximum Gasteiger partial charge on any atom is 0.226 e. The molecule has 23 heavy (non-hydrogen) atoms. The summed E-state index contributed by atoms with van der Waals surface area (Å²) in [6.45, 7) is 8.88. The first-order valence-electron chi connectivity index (χ1n) is 8.08. The fraction of sp³-hybridized carbons (Fsp3) is 0.500. The van der Waals surface area contributed by atoms with E-state index in [-0.39, 0.29) is 6.04 Å². The highest BCUT2D eigenvalue weighted by molar-refractivity contribution is 5.63. The second-order valence-electron chi connectivity index (χ2n) is 6.37. The zero-order chi connectivity index (χ0) is 16.6. The Hall–Kier alpha value is -1.85. The third kappa shape index (κ3) is 3.12. The van der Waals surface area contributed by atoms with Gasteiger partial charge in [0.05, 0.1) is 12.8 Å². The van der Waals surface area contributed by atoms with Gasteiger partial charge < -0.3 is 14.9 Å². The summed E-state index contributed by atoms with van der Waals surface area (Å²) in [4.78, 5) is 7.07. The maximum atomic E-state index is 5.98. The first kappa shape index (κ1) is 16.0. The molecule has 0 saturated carbocycles. The van der Waals surface area contributed by atoms with Crippen LogP contribution in [0.25, 0.3) is 11.5 Å². The quantitative estimate of drug-likeness (QED) is 0.940. The number of aryl methyl sites for hydroxylation is 1. The zero-order valence-electron chi connectivity index (χ0n) is 14.3. The summed E-state index contributed by atoms with van der Waals surface area (Å²) in [6, 6.07) is 4.27. The van der Waals surface area contributed by atoms with Crippen molar-refractivity contribution < 1.29 is 9.15 Å². The number of hydrogen-bond donors (Lipinski definition) is 1. The van der Waals surface area contributed by atoms with E-state index in [2.05, 4.69) is 18.7 Å². The topological polar surface area (TPSA) is 64.5 Å². The molecule has 124 valence electrons. The van der Waals surface area contributed by atoms with E-state index in [0.717, 1.165) is 59.9 Å². The minimum Gasteiger partial charge on any atom is -0.496 e. The number of rotatable bonds is 4. The molecule has 0 bridgehead atoms. The Morgan fingerprint density at radius 3 is 2.74 bits per heavy atom. The van der Waals surface area contributed by atoms with E-state index in [4.69, 9.17) is 19.9 Å². The van der Waals surface area contributed by atoms with Gasteiger partial charge >= 0.3 is 0 Å². The van der Waals surface area contributed by atoms with Gasteiger partial charge in [0.25, 0.3) is 0 Å². The Kier molecular flexibility index (Phi) is 4.41. The van der Waals surface area contributed by atoms with Crippen molar-refractivity contribution in [3.05, 3.63) is 34.7 Å². The number of likely N-dealkylation sites (tertiary alicyclic amines) is 1. The highest BCUT2D eigenvalue weighted by atomic mass is 16.5. The molecule has 5 nitrogen and oxygen atoms in total. The van der Waals surface area contributed by atoms with Crippen molar-refractivity contribution in [3.63, 3.8) is 0 Å². The monoisotopic (exact) mass is 315 g/mol. The largest absolute Gasteiger partial charge is 0.496 e. The van der Waals surface area contributed by atoms with Crippen LogP contribution in [0.5, 0.6) is 5.75 Å². The fourth-order valence-electron chi connectivity index (χ4n) is 3.16. The van der Waals surface area contributed by atoms with Gasteiger partial charge in [0.15, 0.2) is 0 Å². The van der Waals surface area contributed by atoms with Crippen LogP contribution < -0.4 is 10.5 Å². The van der Waals surface area contributed by atoms with E-state index in [9.17, 15) is 0 Å². The van der Waals surface area contributed by atoms with Crippen molar-refractivity contribution in [2.45, 2.75) is 39.8 Å². The highest BCUT2D eigenvalue weighted by Gasteiger charge is 2.22. The van der Waals surface area contributed by atoms with Crippen LogP contribution in [-0.4, -0.2) is 36.1 Å². The Bertz CT molecular complexity index is 709. The molecule has 2 N–H and O–H groups in total. The molecule has 0 unspecified atom stereocenters. The molecule has 3 rings (SSSR count). The predicted molar refractivity (Wildman–Crippen MR) is 90.6 cm³/mol. The molecule has 1 aromatic carbocycles. The van der Waals surface area contributed by atoms with Gasteiger partial charge in [-0.1, -0.05) is 0 Å². The number of ether oxygens (including phenoxy) is 1. The number of nitrogens with two attached hydrogens (primary N) is 1. The molecule has 1 aliphatic rings. The van der Waals surface area contributed by atoms with E-state index >= 15 is 0 Å². The average molecular weight is 315 g/mol. The van der Waals surface area contributed by atoms with Crippen LogP contribution in [-0.2, 0) is 6.54 Å². The predicted octanol–water partition coefficient (Wildman–Crippen LogP) is 2.81. The number of hydrogen-bond acceptors (Lipinski definition) is 5. The van der Waals surface area contributed by atoms with Crippen molar-refractivity contribution in [3.8, 4) is 17.2 Å². The van der Waals surface area contributed by atoms with Crippen LogP contribution >= 0.6 is 0 Å². The maximum absolute atomic E-state index is 5.98. The van der Waals surface area contributed by atoms with Gasteiger partial charge in [-0.2, -0.15) is 0 Å². The summed E-state index contributed by atoms with van der Waals surface area (Å²) in [5.41, 5.74) is 10.3. The molecule has 0 amide bonds. The lowest BCUT2D eigenvalue weighted by Gasteiger charge is -2.13.